The zero-order chi connectivity index (χ0) is 19.9. The molecule has 0 bridgehead atoms. The molecule has 8 heteroatoms. The molecule has 2 fully saturated rings. The first-order valence-electron chi connectivity index (χ1n) is 8.90. The Morgan fingerprint density at radius 1 is 1.21 bits per heavy atom. The van der Waals surface area contributed by atoms with Crippen LogP contribution in [0.2, 0.25) is 0 Å². The van der Waals surface area contributed by atoms with Crippen LogP contribution < -0.4 is 4.90 Å². The highest BCUT2D eigenvalue weighted by atomic mass is 127. The smallest absolute Gasteiger partial charge is 0.252 e. The number of amidine groups is 1. The normalized spacial score (nSPS) is 24.5. The first kappa shape index (κ1) is 19.9. The van der Waals surface area contributed by atoms with E-state index in [4.69, 9.17) is 0 Å². The lowest BCUT2D eigenvalue weighted by Gasteiger charge is -2.24. The summed E-state index contributed by atoms with van der Waals surface area (Å²) in [4.78, 5) is 18.9. The molecule has 0 aliphatic carbocycles. The zero-order valence-electron chi connectivity index (χ0n) is 15.2. The topological polar surface area (TPSA) is 66.8 Å². The number of hydrogen-bond donors (Lipinski definition) is 0. The Morgan fingerprint density at radius 3 is 2.68 bits per heavy atom. The van der Waals surface area contributed by atoms with Crippen LogP contribution in [0.1, 0.15) is 11.1 Å². The third-order valence-electron chi connectivity index (χ3n) is 4.85. The van der Waals surface area contributed by atoms with Crippen molar-refractivity contribution in [2.75, 3.05) is 16.4 Å². The van der Waals surface area contributed by atoms with E-state index in [1.807, 2.05) is 60.4 Å². The van der Waals surface area contributed by atoms with Crippen molar-refractivity contribution >= 4 is 61.0 Å². The van der Waals surface area contributed by atoms with E-state index in [1.54, 1.807) is 0 Å². The molecule has 2 heterocycles. The molecule has 0 unspecified atom stereocenters. The monoisotopic (exact) mass is 526 g/mol. The van der Waals surface area contributed by atoms with E-state index in [2.05, 4.69) is 27.6 Å². The summed E-state index contributed by atoms with van der Waals surface area (Å²) in [5.74, 6) is 0.0136. The fraction of sp³-hybridized carbons (Fsp3) is 0.300. The van der Waals surface area contributed by atoms with Gasteiger partial charge in [-0.15, -0.1) is 0 Å². The molecule has 0 radical (unpaired) electrons. The number of nitrogens with zero attached hydrogens (tertiary/aromatic N) is 2. The lowest BCUT2D eigenvalue weighted by Crippen LogP contribution is -2.37. The van der Waals surface area contributed by atoms with Gasteiger partial charge in [-0.05, 0) is 53.3 Å². The summed E-state index contributed by atoms with van der Waals surface area (Å²) in [6.45, 7) is 2.01. The Kier molecular flexibility index (Phi) is 5.54. The molecule has 4 rings (SSSR count). The number of fused-ring (bicyclic) bond motifs is 1. The lowest BCUT2D eigenvalue weighted by molar-refractivity contribution is -0.117. The molecule has 1 amide bonds. The van der Waals surface area contributed by atoms with E-state index in [0.717, 1.165) is 20.4 Å². The predicted octanol–water partition coefficient (Wildman–Crippen LogP) is 3.44. The first-order chi connectivity index (χ1) is 13.3. The number of anilines is 1. The molecule has 2 aliphatic heterocycles. The van der Waals surface area contributed by atoms with Gasteiger partial charge in [-0.1, -0.05) is 47.7 Å². The van der Waals surface area contributed by atoms with Crippen LogP contribution in [-0.4, -0.2) is 42.3 Å². The molecule has 28 heavy (non-hydrogen) atoms. The number of carbonyl (C=O) groups is 1. The summed E-state index contributed by atoms with van der Waals surface area (Å²) < 4.78 is 25.3. The van der Waals surface area contributed by atoms with E-state index < -0.39 is 9.84 Å². The van der Waals surface area contributed by atoms with Crippen molar-refractivity contribution in [1.29, 1.82) is 0 Å². The number of thioether (sulfide) groups is 1. The Morgan fingerprint density at radius 2 is 1.96 bits per heavy atom. The van der Waals surface area contributed by atoms with Crippen molar-refractivity contribution in [3.63, 3.8) is 0 Å². The first-order valence-corrected chi connectivity index (χ1v) is 12.7. The minimum atomic E-state index is -3.07. The second-order valence-corrected chi connectivity index (χ2v) is 11.7. The van der Waals surface area contributed by atoms with Gasteiger partial charge in [-0.25, -0.2) is 8.42 Å². The molecular formula is C20H19IN2O3S2. The standard InChI is InChI=1S/C20H19IN2O3S2/c1-13-5-7-14(8-6-13)9-19(24)22-20-23(16-4-2-3-15(21)10-16)17-11-28(25,26)12-18(17)27-20/h2-8,10,17-18H,9,11-12H2,1H3/t17-,18+/m0/s1. The molecule has 0 aromatic heterocycles. The second-order valence-electron chi connectivity index (χ2n) is 7.10. The Hall–Kier alpha value is -1.39. The number of amides is 1. The van der Waals surface area contributed by atoms with Gasteiger partial charge in [0.1, 0.15) is 0 Å². The van der Waals surface area contributed by atoms with E-state index in [-0.39, 0.29) is 35.1 Å². The highest BCUT2D eigenvalue weighted by molar-refractivity contribution is 14.1. The number of aliphatic imine (C=N–C) groups is 1. The van der Waals surface area contributed by atoms with E-state index in [9.17, 15) is 13.2 Å². The van der Waals surface area contributed by atoms with Crippen LogP contribution in [0.25, 0.3) is 0 Å². The van der Waals surface area contributed by atoms with Crippen LogP contribution in [0.5, 0.6) is 0 Å². The van der Waals surface area contributed by atoms with Crippen molar-refractivity contribution in [2.45, 2.75) is 24.6 Å². The maximum absolute atomic E-state index is 12.6. The SMILES string of the molecule is Cc1ccc(CC(=O)N=C2S[C@@H]3CS(=O)(=O)C[C@@H]3N2c2cccc(I)c2)cc1. The van der Waals surface area contributed by atoms with Gasteiger partial charge in [0.15, 0.2) is 15.0 Å². The molecule has 0 N–H and O–H groups in total. The van der Waals surface area contributed by atoms with Crippen molar-refractivity contribution in [3.8, 4) is 0 Å². The molecule has 0 saturated carbocycles. The van der Waals surface area contributed by atoms with Crippen LogP contribution in [0.3, 0.4) is 0 Å². The molecule has 2 atom stereocenters. The van der Waals surface area contributed by atoms with Gasteiger partial charge >= 0.3 is 0 Å². The van der Waals surface area contributed by atoms with Crippen LogP contribution >= 0.6 is 34.4 Å². The molecule has 2 aliphatic rings. The number of halogens is 1. The molecule has 2 saturated heterocycles. The Labute approximate surface area is 182 Å². The maximum atomic E-state index is 12.6. The molecule has 0 spiro atoms. The molecule has 5 nitrogen and oxygen atoms in total. The van der Waals surface area contributed by atoms with E-state index in [0.29, 0.717) is 5.17 Å². The van der Waals surface area contributed by atoms with Crippen molar-refractivity contribution in [1.82, 2.24) is 0 Å². The second kappa shape index (κ2) is 7.79. The van der Waals surface area contributed by atoms with Gasteiger partial charge in [0.05, 0.1) is 24.0 Å². The maximum Gasteiger partial charge on any atom is 0.252 e. The van der Waals surface area contributed by atoms with Crippen molar-refractivity contribution < 1.29 is 13.2 Å². The average molecular weight is 526 g/mol. The summed E-state index contributed by atoms with van der Waals surface area (Å²) in [5, 5.41) is 0.512. The number of benzene rings is 2. The third kappa shape index (κ3) is 4.28. The summed E-state index contributed by atoms with van der Waals surface area (Å²) in [5.41, 5.74) is 2.95. The van der Waals surface area contributed by atoms with E-state index >= 15 is 0 Å². The predicted molar refractivity (Wildman–Crippen MR) is 123 cm³/mol. The van der Waals surface area contributed by atoms with Crippen molar-refractivity contribution in [3.05, 3.63) is 63.2 Å². The number of hydrogen-bond acceptors (Lipinski definition) is 4. The molecular weight excluding hydrogens is 507 g/mol. The summed E-state index contributed by atoms with van der Waals surface area (Å²) in [7, 11) is -3.07. The highest BCUT2D eigenvalue weighted by Crippen LogP contribution is 2.41. The summed E-state index contributed by atoms with van der Waals surface area (Å²) in [6, 6.07) is 15.5. The minimum absolute atomic E-state index is 0.0891. The van der Waals surface area contributed by atoms with Gasteiger partial charge in [-0.2, -0.15) is 4.99 Å². The fourth-order valence-corrected chi connectivity index (χ4v) is 7.98. The van der Waals surface area contributed by atoms with Gasteiger partial charge < -0.3 is 4.90 Å². The van der Waals surface area contributed by atoms with E-state index in [1.165, 1.54) is 11.8 Å². The van der Waals surface area contributed by atoms with Crippen LogP contribution in [0.4, 0.5) is 5.69 Å². The number of sulfone groups is 1. The average Bonchev–Trinajstić information content (AvgIpc) is 3.07. The number of carbonyl (C=O) groups excluding carboxylic acids is 1. The van der Waals surface area contributed by atoms with Crippen LogP contribution in [0, 0.1) is 10.5 Å². The lowest BCUT2D eigenvalue weighted by atomic mass is 10.1. The van der Waals surface area contributed by atoms with Gasteiger partial charge in [-0.3, -0.25) is 4.79 Å². The number of aryl methyl sites for hydroxylation is 1. The van der Waals surface area contributed by atoms with Gasteiger partial charge in [0.2, 0.25) is 0 Å². The van der Waals surface area contributed by atoms with Crippen LogP contribution in [-0.2, 0) is 21.1 Å². The van der Waals surface area contributed by atoms with Crippen molar-refractivity contribution in [2.24, 2.45) is 4.99 Å². The minimum Gasteiger partial charge on any atom is -0.316 e. The van der Waals surface area contributed by atoms with Crippen LogP contribution in [0.15, 0.2) is 53.5 Å². The molecule has 2 aromatic carbocycles. The van der Waals surface area contributed by atoms with Gasteiger partial charge in [0, 0.05) is 14.5 Å². The molecule has 2 aromatic rings. The summed E-state index contributed by atoms with van der Waals surface area (Å²) >= 11 is 3.64. The fourth-order valence-electron chi connectivity index (χ4n) is 3.52. The zero-order valence-corrected chi connectivity index (χ0v) is 19.0. The molecule has 146 valence electrons. The highest BCUT2D eigenvalue weighted by Gasteiger charge is 2.49. The Balaban J connectivity index is 1.63. The quantitative estimate of drug-likeness (QED) is 0.574. The number of rotatable bonds is 3. The third-order valence-corrected chi connectivity index (χ3v) is 8.73. The Bertz CT molecular complexity index is 1050. The van der Waals surface area contributed by atoms with Gasteiger partial charge in [0.25, 0.3) is 5.91 Å². The summed E-state index contributed by atoms with van der Waals surface area (Å²) in [6.07, 6.45) is 0.234. The largest absolute Gasteiger partial charge is 0.316 e.